The zero-order valence-corrected chi connectivity index (χ0v) is 17.2. The molecular weight excluding hydrogens is 366 g/mol. The lowest BCUT2D eigenvalue weighted by atomic mass is 9.95. The summed E-state index contributed by atoms with van der Waals surface area (Å²) in [5, 5.41) is 0. The lowest BCUT2D eigenvalue weighted by Gasteiger charge is -2.36. The topological polar surface area (TPSA) is 54.9 Å². The van der Waals surface area contributed by atoms with E-state index in [0.717, 1.165) is 68.2 Å². The highest BCUT2D eigenvalue weighted by molar-refractivity contribution is 5.80. The molecule has 0 spiro atoms. The highest BCUT2D eigenvalue weighted by atomic mass is 16.5. The van der Waals surface area contributed by atoms with Gasteiger partial charge in [-0.25, -0.2) is 4.98 Å². The molecule has 0 saturated carbocycles. The zero-order valence-electron chi connectivity index (χ0n) is 17.2. The van der Waals surface area contributed by atoms with Crippen LogP contribution in [0.4, 0.5) is 5.82 Å². The second kappa shape index (κ2) is 8.72. The Labute approximate surface area is 172 Å². The van der Waals surface area contributed by atoms with Crippen LogP contribution in [0.3, 0.4) is 0 Å². The van der Waals surface area contributed by atoms with Gasteiger partial charge in [0.2, 0.25) is 5.91 Å². The molecule has 2 saturated heterocycles. The van der Waals surface area contributed by atoms with Crippen LogP contribution in [0.2, 0.25) is 0 Å². The molecule has 2 aliphatic heterocycles. The number of pyridine rings is 1. The van der Waals surface area contributed by atoms with Crippen LogP contribution in [-0.2, 0) is 4.79 Å². The summed E-state index contributed by atoms with van der Waals surface area (Å²) in [6.45, 7) is 2.49. The third-order valence-electron chi connectivity index (χ3n) is 6.08. The molecule has 2 aliphatic rings. The Balaban J connectivity index is 1.52. The minimum atomic E-state index is 0.00981. The molecule has 0 N–H and O–H groups in total. The molecule has 4 rings (SSSR count). The molecule has 0 bridgehead atoms. The van der Waals surface area contributed by atoms with Crippen molar-refractivity contribution in [3.05, 3.63) is 48.2 Å². The van der Waals surface area contributed by atoms with Crippen LogP contribution < -0.4 is 14.4 Å². The maximum Gasteiger partial charge on any atom is 0.227 e. The monoisotopic (exact) mass is 395 g/mol. The first-order chi connectivity index (χ1) is 14.2. The van der Waals surface area contributed by atoms with E-state index in [0.29, 0.717) is 0 Å². The largest absolute Gasteiger partial charge is 0.497 e. The average Bonchev–Trinajstić information content (AvgIpc) is 3.28. The fraction of sp³-hybridized carbons (Fsp3) is 0.478. The van der Waals surface area contributed by atoms with Crippen LogP contribution in [0.25, 0.3) is 0 Å². The minimum absolute atomic E-state index is 0.00981. The van der Waals surface area contributed by atoms with Crippen molar-refractivity contribution in [1.82, 2.24) is 9.88 Å². The summed E-state index contributed by atoms with van der Waals surface area (Å²) in [5.74, 6) is 2.77. The van der Waals surface area contributed by atoms with Gasteiger partial charge in [0.1, 0.15) is 17.3 Å². The van der Waals surface area contributed by atoms with Gasteiger partial charge in [0.05, 0.1) is 26.2 Å². The van der Waals surface area contributed by atoms with Gasteiger partial charge in [0, 0.05) is 37.5 Å². The molecule has 154 valence electrons. The lowest BCUT2D eigenvalue weighted by Crippen LogP contribution is -2.45. The van der Waals surface area contributed by atoms with Crippen molar-refractivity contribution in [2.45, 2.75) is 31.7 Å². The van der Waals surface area contributed by atoms with Crippen molar-refractivity contribution < 1.29 is 14.3 Å². The van der Waals surface area contributed by atoms with Gasteiger partial charge in [-0.15, -0.1) is 0 Å². The van der Waals surface area contributed by atoms with Crippen LogP contribution in [0.5, 0.6) is 11.5 Å². The summed E-state index contributed by atoms with van der Waals surface area (Å²) in [6.07, 6.45) is 5.74. The Hall–Kier alpha value is -2.76. The van der Waals surface area contributed by atoms with E-state index in [1.807, 2.05) is 42.6 Å². The maximum atomic E-state index is 13.5. The van der Waals surface area contributed by atoms with E-state index in [2.05, 4.69) is 14.8 Å². The van der Waals surface area contributed by atoms with Gasteiger partial charge in [0.25, 0.3) is 0 Å². The van der Waals surface area contributed by atoms with E-state index < -0.39 is 0 Å². The molecule has 1 amide bonds. The van der Waals surface area contributed by atoms with Crippen LogP contribution in [0.1, 0.15) is 37.3 Å². The normalized spacial score (nSPS) is 21.9. The molecule has 3 heterocycles. The number of nitrogens with zero attached hydrogens (tertiary/aromatic N) is 3. The van der Waals surface area contributed by atoms with E-state index in [9.17, 15) is 4.79 Å². The second-order valence-electron chi connectivity index (χ2n) is 7.77. The first-order valence-electron chi connectivity index (χ1n) is 10.4. The molecule has 1 aromatic heterocycles. The summed E-state index contributed by atoms with van der Waals surface area (Å²) >= 11 is 0. The quantitative estimate of drug-likeness (QED) is 0.773. The number of carbonyl (C=O) groups excluding carboxylic acids is 1. The maximum absolute atomic E-state index is 13.5. The standard InChI is InChI=1S/C23H29N3O3/c1-28-18-10-11-19(21(15-18)29-2)20-8-6-14-26(20)23(27)17-7-5-13-25(16-17)22-9-3-4-12-24-22/h3-4,9-12,15,17,20H,5-8,13-14,16H2,1-2H3/t17-,20+/m0/s1. The fourth-order valence-corrected chi connectivity index (χ4v) is 4.61. The Morgan fingerprint density at radius 2 is 1.93 bits per heavy atom. The second-order valence-corrected chi connectivity index (χ2v) is 7.77. The number of methoxy groups -OCH3 is 2. The van der Waals surface area contributed by atoms with E-state index in [4.69, 9.17) is 9.47 Å². The number of benzene rings is 1. The van der Waals surface area contributed by atoms with Gasteiger partial charge in [-0.05, 0) is 49.9 Å². The van der Waals surface area contributed by atoms with Crippen molar-refractivity contribution in [3.8, 4) is 11.5 Å². The Morgan fingerprint density at radius 1 is 1.07 bits per heavy atom. The number of aromatic nitrogens is 1. The smallest absolute Gasteiger partial charge is 0.227 e. The Bertz CT molecular complexity index is 843. The highest BCUT2D eigenvalue weighted by Gasteiger charge is 2.37. The molecule has 0 unspecified atom stereocenters. The van der Waals surface area contributed by atoms with Crippen molar-refractivity contribution in [3.63, 3.8) is 0 Å². The molecule has 6 nitrogen and oxygen atoms in total. The van der Waals surface area contributed by atoms with Crippen molar-refractivity contribution in [2.75, 3.05) is 38.8 Å². The van der Waals surface area contributed by atoms with Crippen LogP contribution >= 0.6 is 0 Å². The van der Waals surface area contributed by atoms with Gasteiger partial charge in [-0.2, -0.15) is 0 Å². The predicted octanol–water partition coefficient (Wildman–Crippen LogP) is 3.68. The predicted molar refractivity (Wildman–Crippen MR) is 112 cm³/mol. The van der Waals surface area contributed by atoms with Gasteiger partial charge < -0.3 is 19.3 Å². The highest BCUT2D eigenvalue weighted by Crippen LogP contribution is 2.40. The first-order valence-corrected chi connectivity index (χ1v) is 10.4. The first kappa shape index (κ1) is 19.6. The molecule has 0 radical (unpaired) electrons. The van der Waals surface area contributed by atoms with Gasteiger partial charge >= 0.3 is 0 Å². The zero-order chi connectivity index (χ0) is 20.2. The molecule has 2 atom stereocenters. The van der Waals surface area contributed by atoms with E-state index in [1.54, 1.807) is 14.2 Å². The number of anilines is 1. The molecule has 1 aromatic carbocycles. The fourth-order valence-electron chi connectivity index (χ4n) is 4.61. The number of amides is 1. The SMILES string of the molecule is COc1ccc([C@H]2CCCN2C(=O)[C@H]2CCCN(c3ccccn3)C2)c(OC)c1. The summed E-state index contributed by atoms with van der Waals surface area (Å²) < 4.78 is 10.9. The number of ether oxygens (including phenoxy) is 2. The van der Waals surface area contributed by atoms with E-state index in [-0.39, 0.29) is 17.9 Å². The van der Waals surface area contributed by atoms with Crippen molar-refractivity contribution in [2.24, 2.45) is 5.92 Å². The summed E-state index contributed by atoms with van der Waals surface area (Å²) in [4.78, 5) is 22.3. The summed E-state index contributed by atoms with van der Waals surface area (Å²) in [6, 6.07) is 11.9. The average molecular weight is 396 g/mol. The van der Waals surface area contributed by atoms with Crippen LogP contribution in [0, 0.1) is 5.92 Å². The third kappa shape index (κ3) is 4.02. The molecular formula is C23H29N3O3. The lowest BCUT2D eigenvalue weighted by molar-refractivity contribution is -0.136. The summed E-state index contributed by atoms with van der Waals surface area (Å²) in [5.41, 5.74) is 1.07. The minimum Gasteiger partial charge on any atom is -0.497 e. The van der Waals surface area contributed by atoms with Gasteiger partial charge in [0.15, 0.2) is 0 Å². The molecule has 2 aromatic rings. The number of rotatable bonds is 5. The van der Waals surface area contributed by atoms with E-state index >= 15 is 0 Å². The number of likely N-dealkylation sites (tertiary alicyclic amines) is 1. The van der Waals surface area contributed by atoms with Gasteiger partial charge in [-0.3, -0.25) is 4.79 Å². The van der Waals surface area contributed by atoms with Crippen molar-refractivity contribution in [1.29, 1.82) is 0 Å². The van der Waals surface area contributed by atoms with E-state index in [1.165, 1.54) is 0 Å². The molecule has 0 aliphatic carbocycles. The molecule has 29 heavy (non-hydrogen) atoms. The Morgan fingerprint density at radius 3 is 2.69 bits per heavy atom. The summed E-state index contributed by atoms with van der Waals surface area (Å²) in [7, 11) is 3.32. The number of piperidine rings is 1. The Kier molecular flexibility index (Phi) is 5.88. The third-order valence-corrected chi connectivity index (χ3v) is 6.08. The number of hydrogen-bond acceptors (Lipinski definition) is 5. The number of carbonyl (C=O) groups is 1. The molecule has 2 fully saturated rings. The van der Waals surface area contributed by atoms with Crippen LogP contribution in [0.15, 0.2) is 42.6 Å². The van der Waals surface area contributed by atoms with Crippen LogP contribution in [-0.4, -0.2) is 49.6 Å². The van der Waals surface area contributed by atoms with Crippen molar-refractivity contribution >= 4 is 11.7 Å². The molecule has 6 heteroatoms. The number of hydrogen-bond donors (Lipinski definition) is 0. The van der Waals surface area contributed by atoms with Gasteiger partial charge in [-0.1, -0.05) is 6.07 Å².